The maximum Gasteiger partial charge on any atom is 0.317 e. The van der Waals surface area contributed by atoms with Gasteiger partial charge in [-0.3, -0.25) is 9.69 Å². The number of nitrogens with zero attached hydrogens (tertiary/aromatic N) is 5. The predicted octanol–water partition coefficient (Wildman–Crippen LogP) is 1.32. The quantitative estimate of drug-likeness (QED) is 0.827. The molecule has 2 aliphatic rings. The van der Waals surface area contributed by atoms with Crippen LogP contribution in [0, 0.1) is 0 Å². The van der Waals surface area contributed by atoms with E-state index in [1.54, 1.807) is 17.4 Å². The Kier molecular flexibility index (Phi) is 6.09. The lowest BCUT2D eigenvalue weighted by atomic mass is 10.1. The number of carbonyl (C=O) groups excluding carboxylic acids is 2. The molecule has 154 valence electrons. The van der Waals surface area contributed by atoms with Crippen molar-refractivity contribution in [2.75, 3.05) is 45.8 Å². The molecule has 1 N–H and O–H groups in total. The second-order valence-corrected chi connectivity index (χ2v) is 7.61. The molecule has 0 aliphatic carbocycles. The first-order chi connectivity index (χ1) is 14.2. The zero-order valence-electron chi connectivity index (χ0n) is 16.7. The van der Waals surface area contributed by atoms with Crippen molar-refractivity contribution >= 4 is 11.9 Å². The van der Waals surface area contributed by atoms with Crippen LogP contribution in [-0.4, -0.2) is 82.0 Å². The van der Waals surface area contributed by atoms with Crippen LogP contribution in [0.2, 0.25) is 0 Å². The number of likely N-dealkylation sites (tertiary alicyclic amines) is 1. The van der Waals surface area contributed by atoms with Crippen molar-refractivity contribution in [3.05, 3.63) is 48.5 Å². The second kappa shape index (κ2) is 9.09. The van der Waals surface area contributed by atoms with Crippen molar-refractivity contribution in [2.24, 2.45) is 0 Å². The van der Waals surface area contributed by atoms with Crippen molar-refractivity contribution < 1.29 is 9.59 Å². The lowest BCUT2D eigenvalue weighted by molar-refractivity contribution is -0.133. The summed E-state index contributed by atoms with van der Waals surface area (Å²) < 4.78 is 1.94. The topological polar surface area (TPSA) is 73.7 Å². The summed E-state index contributed by atoms with van der Waals surface area (Å²) >= 11 is 0. The molecule has 0 unspecified atom stereocenters. The summed E-state index contributed by atoms with van der Waals surface area (Å²) in [4.78, 5) is 35.0. The van der Waals surface area contributed by atoms with Crippen LogP contribution in [0.1, 0.15) is 18.4 Å². The number of rotatable bonds is 5. The molecular formula is C21H28N6O2. The van der Waals surface area contributed by atoms with Gasteiger partial charge in [0.15, 0.2) is 0 Å². The summed E-state index contributed by atoms with van der Waals surface area (Å²) in [5.74, 6) is 0.182. The summed E-state index contributed by atoms with van der Waals surface area (Å²) in [7, 11) is 0. The Bertz CT molecular complexity index is 823. The Balaban J connectivity index is 1.26. The average molecular weight is 396 g/mol. The van der Waals surface area contributed by atoms with Gasteiger partial charge < -0.3 is 19.7 Å². The molecule has 3 heterocycles. The Morgan fingerprint density at radius 2 is 1.69 bits per heavy atom. The van der Waals surface area contributed by atoms with Crippen LogP contribution >= 0.6 is 0 Å². The Morgan fingerprint density at radius 3 is 2.41 bits per heavy atom. The van der Waals surface area contributed by atoms with E-state index < -0.39 is 0 Å². The molecule has 1 aromatic carbocycles. The fourth-order valence-electron chi connectivity index (χ4n) is 3.99. The van der Waals surface area contributed by atoms with Crippen LogP contribution in [0.4, 0.5) is 4.79 Å². The number of para-hydroxylation sites is 1. The van der Waals surface area contributed by atoms with Crippen molar-refractivity contribution in [3.8, 4) is 5.69 Å². The highest BCUT2D eigenvalue weighted by molar-refractivity contribution is 5.79. The van der Waals surface area contributed by atoms with Crippen LogP contribution < -0.4 is 5.32 Å². The number of amides is 3. The number of nitrogens with one attached hydrogen (secondary N) is 1. The molecule has 0 saturated carbocycles. The number of imidazole rings is 1. The Hall–Kier alpha value is -2.87. The van der Waals surface area contributed by atoms with E-state index >= 15 is 0 Å². The number of carbonyl (C=O) groups is 2. The summed E-state index contributed by atoms with van der Waals surface area (Å²) in [6.45, 7) is 5.35. The fraction of sp³-hybridized carbons (Fsp3) is 0.476. The highest BCUT2D eigenvalue weighted by Gasteiger charge is 2.25. The molecule has 8 nitrogen and oxygen atoms in total. The molecule has 0 spiro atoms. The highest BCUT2D eigenvalue weighted by Crippen LogP contribution is 2.14. The molecule has 29 heavy (non-hydrogen) atoms. The molecule has 8 heteroatoms. The molecule has 2 aromatic rings. The summed E-state index contributed by atoms with van der Waals surface area (Å²) in [5, 5.41) is 3.02. The number of urea groups is 1. The number of hydrogen-bond acceptors (Lipinski definition) is 4. The van der Waals surface area contributed by atoms with Gasteiger partial charge >= 0.3 is 6.03 Å². The third-order valence-electron chi connectivity index (χ3n) is 5.68. The van der Waals surface area contributed by atoms with Crippen molar-refractivity contribution in [1.82, 2.24) is 29.6 Å². The smallest absolute Gasteiger partial charge is 0.317 e. The second-order valence-electron chi connectivity index (χ2n) is 7.61. The first kappa shape index (κ1) is 19.4. The fourth-order valence-corrected chi connectivity index (χ4v) is 3.99. The van der Waals surface area contributed by atoms with Crippen LogP contribution in [0.3, 0.4) is 0 Å². The van der Waals surface area contributed by atoms with E-state index in [0.717, 1.165) is 24.3 Å². The predicted molar refractivity (Wildman–Crippen MR) is 110 cm³/mol. The van der Waals surface area contributed by atoms with Gasteiger partial charge in [0.2, 0.25) is 5.91 Å². The van der Waals surface area contributed by atoms with Gasteiger partial charge in [-0.15, -0.1) is 0 Å². The monoisotopic (exact) mass is 396 g/mol. The number of hydrogen-bond donors (Lipinski definition) is 1. The lowest BCUT2D eigenvalue weighted by Crippen LogP contribution is -2.54. The SMILES string of the molecule is O=C(CN1CCCC1)N1CCN(C(=O)NCc2ccccc2-n2ccnc2)CC1. The molecule has 2 aliphatic heterocycles. The molecule has 4 rings (SSSR count). The van der Waals surface area contributed by atoms with Crippen molar-refractivity contribution in [2.45, 2.75) is 19.4 Å². The minimum atomic E-state index is -0.0860. The number of piperazine rings is 1. The van der Waals surface area contributed by atoms with Crippen molar-refractivity contribution in [1.29, 1.82) is 0 Å². The molecule has 0 bridgehead atoms. The minimum Gasteiger partial charge on any atom is -0.338 e. The molecule has 1 aromatic heterocycles. The molecule has 0 radical (unpaired) electrons. The van der Waals surface area contributed by atoms with Gasteiger partial charge in [0.1, 0.15) is 0 Å². The molecule has 2 saturated heterocycles. The van der Waals surface area contributed by atoms with Gasteiger partial charge in [-0.05, 0) is 37.6 Å². The summed E-state index contributed by atoms with van der Waals surface area (Å²) in [6, 6.07) is 7.86. The maximum absolute atomic E-state index is 12.6. The lowest BCUT2D eigenvalue weighted by Gasteiger charge is -2.35. The van der Waals surface area contributed by atoms with Crippen molar-refractivity contribution in [3.63, 3.8) is 0 Å². The zero-order valence-corrected chi connectivity index (χ0v) is 16.7. The van der Waals surface area contributed by atoms with E-state index in [0.29, 0.717) is 39.3 Å². The van der Waals surface area contributed by atoms with E-state index in [9.17, 15) is 9.59 Å². The average Bonchev–Trinajstić information content (AvgIpc) is 3.47. The highest BCUT2D eigenvalue weighted by atomic mass is 16.2. The zero-order chi connectivity index (χ0) is 20.1. The maximum atomic E-state index is 12.6. The standard InChI is InChI=1S/C21H28N6O2/c28-20(16-24-8-3-4-9-24)25-11-13-26(14-12-25)21(29)23-15-18-5-1-2-6-19(18)27-10-7-22-17-27/h1-2,5-7,10,17H,3-4,8-9,11-16H2,(H,23,29). The van der Waals surface area contributed by atoms with Crippen LogP contribution in [-0.2, 0) is 11.3 Å². The Labute approximate surface area is 171 Å². The third-order valence-corrected chi connectivity index (χ3v) is 5.68. The van der Waals surface area contributed by atoms with Gasteiger partial charge in [0.05, 0.1) is 18.6 Å². The van der Waals surface area contributed by atoms with Crippen LogP contribution in [0.15, 0.2) is 43.0 Å². The number of benzene rings is 1. The van der Waals surface area contributed by atoms with Gasteiger partial charge in [-0.2, -0.15) is 0 Å². The van der Waals surface area contributed by atoms with E-state index in [-0.39, 0.29) is 11.9 Å². The van der Waals surface area contributed by atoms with Gasteiger partial charge in [-0.25, -0.2) is 9.78 Å². The van der Waals surface area contributed by atoms with Gasteiger partial charge in [0, 0.05) is 45.1 Å². The first-order valence-corrected chi connectivity index (χ1v) is 10.3. The van der Waals surface area contributed by atoms with E-state index in [2.05, 4.69) is 15.2 Å². The first-order valence-electron chi connectivity index (χ1n) is 10.3. The van der Waals surface area contributed by atoms with E-state index in [4.69, 9.17) is 0 Å². The Morgan fingerprint density at radius 1 is 0.966 bits per heavy atom. The van der Waals surface area contributed by atoms with E-state index in [1.165, 1.54) is 12.8 Å². The van der Waals surface area contributed by atoms with Crippen LogP contribution in [0.5, 0.6) is 0 Å². The van der Waals surface area contributed by atoms with Gasteiger partial charge in [0.25, 0.3) is 0 Å². The van der Waals surface area contributed by atoms with Gasteiger partial charge in [-0.1, -0.05) is 18.2 Å². The number of aromatic nitrogens is 2. The minimum absolute atomic E-state index is 0.0860. The molecule has 0 atom stereocenters. The summed E-state index contributed by atoms with van der Waals surface area (Å²) in [6.07, 6.45) is 7.74. The molecule has 2 fully saturated rings. The molecule has 3 amide bonds. The van der Waals surface area contributed by atoms with Crippen LogP contribution in [0.25, 0.3) is 5.69 Å². The summed E-state index contributed by atoms with van der Waals surface area (Å²) in [5.41, 5.74) is 2.03. The third kappa shape index (κ3) is 4.76. The molecular weight excluding hydrogens is 368 g/mol. The normalized spacial score (nSPS) is 17.5. The van der Waals surface area contributed by atoms with E-state index in [1.807, 2.05) is 39.9 Å². The largest absolute Gasteiger partial charge is 0.338 e.